The van der Waals surface area contributed by atoms with E-state index in [2.05, 4.69) is 0 Å². The maximum Gasteiger partial charge on any atom is 0.132 e. The van der Waals surface area contributed by atoms with Gasteiger partial charge in [-0.2, -0.15) is 0 Å². The van der Waals surface area contributed by atoms with E-state index in [-0.39, 0.29) is 11.4 Å². The third kappa shape index (κ3) is 3.32. The Labute approximate surface area is 99.4 Å². The first-order valence-corrected chi connectivity index (χ1v) is 6.12. The average Bonchev–Trinajstić information content (AvgIpc) is 2.17. The summed E-state index contributed by atoms with van der Waals surface area (Å²) < 4.78 is 5.21. The molecule has 0 aliphatic carbocycles. The van der Waals surface area contributed by atoms with Gasteiger partial charge in [0.15, 0.2) is 0 Å². The molecule has 6 heteroatoms. The molecule has 0 amide bonds. The van der Waals surface area contributed by atoms with Gasteiger partial charge in [0.2, 0.25) is 0 Å². The zero-order valence-electron chi connectivity index (χ0n) is 9.70. The van der Waals surface area contributed by atoms with Crippen LogP contribution in [-0.4, -0.2) is 61.6 Å². The van der Waals surface area contributed by atoms with Crippen molar-refractivity contribution in [3.63, 3.8) is 0 Å². The zero-order valence-corrected chi connectivity index (χ0v) is 10.5. The van der Waals surface area contributed by atoms with Gasteiger partial charge in [0.1, 0.15) is 29.9 Å². The zero-order chi connectivity index (χ0) is 12.5. The summed E-state index contributed by atoms with van der Waals surface area (Å²) in [7, 11) is 0. The number of ether oxygens (including phenoxy) is 1. The standard InChI is InChI=1S/C10H20O5S/c1-10(2,3)16-9-8(14)7(13)6(12)5(4-11)15-9/h5-9,11-14H,4H2,1-3H3/t5-,6-,7+,8-,9-/m1/s1. The average molecular weight is 252 g/mol. The highest BCUT2D eigenvalue weighted by atomic mass is 32.2. The molecular weight excluding hydrogens is 232 g/mol. The van der Waals surface area contributed by atoms with Crippen LogP contribution in [0.3, 0.4) is 0 Å². The summed E-state index contributed by atoms with van der Waals surface area (Å²) in [6.07, 6.45) is -4.54. The molecule has 16 heavy (non-hydrogen) atoms. The Bertz CT molecular complexity index is 228. The Morgan fingerprint density at radius 2 is 1.62 bits per heavy atom. The molecule has 5 atom stereocenters. The number of thioether (sulfide) groups is 1. The first-order chi connectivity index (χ1) is 7.26. The van der Waals surface area contributed by atoms with E-state index in [4.69, 9.17) is 9.84 Å². The lowest BCUT2D eigenvalue weighted by Gasteiger charge is -2.41. The minimum atomic E-state index is -1.29. The number of aliphatic hydroxyl groups excluding tert-OH is 4. The van der Waals surface area contributed by atoms with Crippen LogP contribution in [-0.2, 0) is 4.74 Å². The number of hydrogen-bond donors (Lipinski definition) is 4. The van der Waals surface area contributed by atoms with Crippen LogP contribution in [0.4, 0.5) is 0 Å². The number of hydrogen-bond acceptors (Lipinski definition) is 6. The second-order valence-corrected chi connectivity index (χ2v) is 6.85. The number of rotatable bonds is 2. The molecule has 1 fully saturated rings. The molecule has 0 saturated carbocycles. The number of aliphatic hydroxyl groups is 4. The van der Waals surface area contributed by atoms with Crippen molar-refractivity contribution < 1.29 is 25.2 Å². The third-order valence-corrected chi connectivity index (χ3v) is 3.65. The summed E-state index contributed by atoms with van der Waals surface area (Å²) in [6.45, 7) is 5.49. The minimum absolute atomic E-state index is 0.145. The van der Waals surface area contributed by atoms with Gasteiger partial charge >= 0.3 is 0 Å². The molecule has 0 aromatic carbocycles. The molecule has 0 aromatic rings. The molecule has 0 aromatic heterocycles. The normalized spacial score (nSPS) is 41.1. The first kappa shape index (κ1) is 14.2. The van der Waals surface area contributed by atoms with Crippen LogP contribution in [0.15, 0.2) is 0 Å². The van der Waals surface area contributed by atoms with Gasteiger partial charge in [-0.25, -0.2) is 0 Å². The quantitative estimate of drug-likeness (QED) is 0.520. The van der Waals surface area contributed by atoms with Crippen LogP contribution < -0.4 is 0 Å². The van der Waals surface area contributed by atoms with Gasteiger partial charge < -0.3 is 25.2 Å². The summed E-state index contributed by atoms with van der Waals surface area (Å²) >= 11 is 1.36. The molecule has 1 rings (SSSR count). The molecule has 4 N–H and O–H groups in total. The molecule has 0 unspecified atom stereocenters. The highest BCUT2D eigenvalue weighted by Gasteiger charge is 2.44. The lowest BCUT2D eigenvalue weighted by Crippen LogP contribution is -2.58. The van der Waals surface area contributed by atoms with Crippen molar-refractivity contribution in [1.29, 1.82) is 0 Å². The second kappa shape index (κ2) is 5.20. The Morgan fingerprint density at radius 3 is 2.06 bits per heavy atom. The monoisotopic (exact) mass is 252 g/mol. The summed E-state index contributed by atoms with van der Waals surface area (Å²) in [6, 6.07) is 0. The van der Waals surface area contributed by atoms with Crippen LogP contribution in [0.25, 0.3) is 0 Å². The topological polar surface area (TPSA) is 90.2 Å². The van der Waals surface area contributed by atoms with Crippen LogP contribution in [0.2, 0.25) is 0 Å². The molecule has 1 saturated heterocycles. The lowest BCUT2D eigenvalue weighted by molar-refractivity contribution is -0.205. The van der Waals surface area contributed by atoms with Crippen molar-refractivity contribution in [2.24, 2.45) is 0 Å². The van der Waals surface area contributed by atoms with Crippen molar-refractivity contribution in [3.8, 4) is 0 Å². The van der Waals surface area contributed by atoms with Crippen molar-refractivity contribution in [2.75, 3.05) is 6.61 Å². The van der Waals surface area contributed by atoms with Crippen LogP contribution in [0.1, 0.15) is 20.8 Å². The fourth-order valence-corrected chi connectivity index (χ4v) is 2.71. The summed E-state index contributed by atoms with van der Waals surface area (Å²) in [5.41, 5.74) is -0.643. The van der Waals surface area contributed by atoms with Gasteiger partial charge in [-0.3, -0.25) is 0 Å². The van der Waals surface area contributed by atoms with Gasteiger partial charge in [-0.1, -0.05) is 20.8 Å². The van der Waals surface area contributed by atoms with Gasteiger partial charge in [0.25, 0.3) is 0 Å². The summed E-state index contributed by atoms with van der Waals surface area (Å²) in [5, 5.41) is 37.9. The van der Waals surface area contributed by atoms with E-state index in [1.165, 1.54) is 11.8 Å². The minimum Gasteiger partial charge on any atom is -0.394 e. The van der Waals surface area contributed by atoms with Crippen molar-refractivity contribution in [3.05, 3.63) is 0 Å². The molecule has 96 valence electrons. The third-order valence-electron chi connectivity index (χ3n) is 2.32. The molecule has 1 aliphatic heterocycles. The van der Waals surface area contributed by atoms with E-state index in [9.17, 15) is 15.3 Å². The van der Waals surface area contributed by atoms with Gasteiger partial charge in [-0.05, 0) is 0 Å². The van der Waals surface area contributed by atoms with E-state index < -0.39 is 29.9 Å². The molecule has 0 spiro atoms. The van der Waals surface area contributed by atoms with E-state index in [0.717, 1.165) is 0 Å². The molecule has 1 heterocycles. The predicted molar refractivity (Wildman–Crippen MR) is 61.1 cm³/mol. The summed E-state index contributed by atoms with van der Waals surface area (Å²) in [4.78, 5) is 0. The van der Waals surface area contributed by atoms with Crippen LogP contribution >= 0.6 is 11.8 Å². The maximum atomic E-state index is 9.75. The Kier molecular flexibility index (Phi) is 4.62. The Hall–Kier alpha value is 0.150. The van der Waals surface area contributed by atoms with E-state index >= 15 is 0 Å². The largest absolute Gasteiger partial charge is 0.394 e. The van der Waals surface area contributed by atoms with Crippen molar-refractivity contribution in [2.45, 2.75) is 55.4 Å². The van der Waals surface area contributed by atoms with Gasteiger partial charge in [0.05, 0.1) is 6.61 Å². The van der Waals surface area contributed by atoms with E-state index in [1.54, 1.807) is 0 Å². The Morgan fingerprint density at radius 1 is 1.06 bits per heavy atom. The van der Waals surface area contributed by atoms with Crippen LogP contribution in [0, 0.1) is 0 Å². The highest BCUT2D eigenvalue weighted by Crippen LogP contribution is 2.35. The SMILES string of the molecule is CC(C)(C)S[C@H]1O[C@H](CO)[C@@H](O)[C@H](O)[C@H]1O. The fraction of sp³-hybridized carbons (Fsp3) is 1.00. The van der Waals surface area contributed by atoms with Gasteiger partial charge in [-0.15, -0.1) is 11.8 Å². The smallest absolute Gasteiger partial charge is 0.132 e. The Balaban J connectivity index is 2.71. The molecule has 0 bridgehead atoms. The van der Waals surface area contributed by atoms with Crippen LogP contribution in [0.5, 0.6) is 0 Å². The molecule has 1 aliphatic rings. The van der Waals surface area contributed by atoms with Crippen molar-refractivity contribution in [1.82, 2.24) is 0 Å². The second-order valence-electron chi connectivity index (χ2n) is 4.93. The van der Waals surface area contributed by atoms with E-state index in [1.807, 2.05) is 20.8 Å². The predicted octanol–water partition coefficient (Wildman–Crippen LogP) is -0.682. The van der Waals surface area contributed by atoms with Crippen molar-refractivity contribution >= 4 is 11.8 Å². The molecular formula is C10H20O5S. The lowest BCUT2D eigenvalue weighted by atomic mass is 10.0. The first-order valence-electron chi connectivity index (χ1n) is 5.24. The summed E-state index contributed by atoms with van der Waals surface area (Å²) in [5.74, 6) is 0. The maximum absolute atomic E-state index is 9.75. The fourth-order valence-electron chi connectivity index (χ4n) is 1.51. The molecule has 5 nitrogen and oxygen atoms in total. The molecule has 0 radical (unpaired) electrons. The highest BCUT2D eigenvalue weighted by molar-refractivity contribution is 8.01. The van der Waals surface area contributed by atoms with E-state index in [0.29, 0.717) is 0 Å². The van der Waals surface area contributed by atoms with Gasteiger partial charge in [0, 0.05) is 4.75 Å².